The minimum absolute atomic E-state index is 0.0281. The Labute approximate surface area is 189 Å². The molecule has 0 aliphatic carbocycles. The number of hydrogen-bond acceptors (Lipinski definition) is 4. The molecule has 1 aliphatic heterocycles. The number of aromatic nitrogens is 1. The number of hydrogen-bond donors (Lipinski definition) is 1. The molecule has 3 aromatic rings. The average molecular weight is 452 g/mol. The summed E-state index contributed by atoms with van der Waals surface area (Å²) in [4.78, 5) is 39.8. The molecule has 0 saturated carbocycles. The molecule has 2 amide bonds. The van der Waals surface area contributed by atoms with Gasteiger partial charge in [-0.05, 0) is 42.5 Å². The highest BCUT2D eigenvalue weighted by Crippen LogP contribution is 2.25. The largest absolute Gasteiger partial charge is 0.354 e. The van der Waals surface area contributed by atoms with Crippen LogP contribution in [0.25, 0.3) is 0 Å². The van der Waals surface area contributed by atoms with Gasteiger partial charge in [0.1, 0.15) is 5.92 Å². The Morgan fingerprint density at radius 1 is 1.06 bits per heavy atom. The molecule has 1 unspecified atom stereocenters. The number of rotatable bonds is 5. The number of aryl methyl sites for hydroxylation is 1. The Kier molecular flexibility index (Phi) is 5.71. The molecule has 0 spiro atoms. The summed E-state index contributed by atoms with van der Waals surface area (Å²) in [6.45, 7) is 0. The summed E-state index contributed by atoms with van der Waals surface area (Å²) in [5.41, 5.74) is 2.29. The second kappa shape index (κ2) is 8.45. The molecule has 8 heteroatoms. The molecule has 4 rings (SSSR count). The van der Waals surface area contributed by atoms with Crippen LogP contribution in [0.3, 0.4) is 0 Å². The smallest absolute Gasteiger partial charge is 0.246 e. The summed E-state index contributed by atoms with van der Waals surface area (Å²) in [7, 11) is 1.78. The lowest BCUT2D eigenvalue weighted by molar-refractivity contribution is -0.133. The molecule has 6 nitrogen and oxygen atoms in total. The molecule has 0 radical (unpaired) electrons. The van der Waals surface area contributed by atoms with E-state index in [1.165, 1.54) is 4.90 Å². The minimum Gasteiger partial charge on any atom is -0.354 e. The van der Waals surface area contributed by atoms with Crippen molar-refractivity contribution in [2.75, 3.05) is 4.90 Å². The van der Waals surface area contributed by atoms with Gasteiger partial charge < -0.3 is 9.88 Å². The van der Waals surface area contributed by atoms with Gasteiger partial charge in [0.05, 0.1) is 5.69 Å². The average Bonchev–Trinajstić information content (AvgIpc) is 3.12. The third-order valence-corrected chi connectivity index (χ3v) is 5.71. The number of carbonyl (C=O) groups excluding carboxylic acids is 3. The number of nitrogens with zero attached hydrogens (tertiary/aromatic N) is 2. The van der Waals surface area contributed by atoms with Crippen LogP contribution < -0.4 is 10.2 Å². The van der Waals surface area contributed by atoms with E-state index in [0.717, 1.165) is 0 Å². The summed E-state index contributed by atoms with van der Waals surface area (Å²) in [6.07, 6.45) is 1.84. The number of anilines is 1. The van der Waals surface area contributed by atoms with Crippen LogP contribution in [0.1, 0.15) is 21.6 Å². The van der Waals surface area contributed by atoms with Crippen molar-refractivity contribution in [1.29, 1.82) is 0 Å². The Hall–Kier alpha value is -3.29. The summed E-state index contributed by atoms with van der Waals surface area (Å²) >= 11 is 11.2. The number of halogens is 1. The van der Waals surface area contributed by atoms with Gasteiger partial charge in [0.2, 0.25) is 11.8 Å². The van der Waals surface area contributed by atoms with Crippen molar-refractivity contribution in [1.82, 2.24) is 9.88 Å². The second-order valence-electron chi connectivity index (χ2n) is 7.23. The van der Waals surface area contributed by atoms with Gasteiger partial charge in [-0.25, -0.2) is 0 Å². The number of amides is 2. The van der Waals surface area contributed by atoms with E-state index in [2.05, 4.69) is 5.32 Å². The fraction of sp³-hybridized carbons (Fsp3) is 0.130. The Morgan fingerprint density at radius 3 is 2.42 bits per heavy atom. The molecule has 0 bridgehead atoms. The summed E-state index contributed by atoms with van der Waals surface area (Å²) in [5, 5.41) is 3.16. The van der Waals surface area contributed by atoms with E-state index in [1.807, 2.05) is 6.07 Å². The highest BCUT2D eigenvalue weighted by Gasteiger charge is 2.39. The maximum absolute atomic E-state index is 13.2. The molecule has 1 atom stereocenters. The van der Waals surface area contributed by atoms with Gasteiger partial charge in [0.25, 0.3) is 0 Å². The zero-order chi connectivity index (χ0) is 22.1. The van der Waals surface area contributed by atoms with E-state index in [4.69, 9.17) is 23.8 Å². The van der Waals surface area contributed by atoms with E-state index in [9.17, 15) is 14.4 Å². The van der Waals surface area contributed by atoms with Gasteiger partial charge in [-0.2, -0.15) is 0 Å². The van der Waals surface area contributed by atoms with Crippen molar-refractivity contribution in [2.24, 2.45) is 13.0 Å². The number of ketones is 1. The molecule has 1 aliphatic rings. The van der Waals surface area contributed by atoms with E-state index < -0.39 is 17.7 Å². The quantitative estimate of drug-likeness (QED) is 0.366. The van der Waals surface area contributed by atoms with Gasteiger partial charge in [0.15, 0.2) is 10.9 Å². The van der Waals surface area contributed by atoms with E-state index in [-0.39, 0.29) is 17.3 Å². The maximum Gasteiger partial charge on any atom is 0.246 e. The summed E-state index contributed by atoms with van der Waals surface area (Å²) in [5.74, 6) is -1.98. The van der Waals surface area contributed by atoms with Gasteiger partial charge in [-0.15, -0.1) is 0 Å². The molecule has 156 valence electrons. The van der Waals surface area contributed by atoms with Crippen LogP contribution in [0, 0.1) is 5.92 Å². The van der Waals surface area contributed by atoms with Crippen LogP contribution in [-0.4, -0.2) is 27.3 Å². The predicted octanol–water partition coefficient (Wildman–Crippen LogP) is 3.52. The molecule has 1 fully saturated rings. The van der Waals surface area contributed by atoms with Crippen molar-refractivity contribution in [3.8, 4) is 0 Å². The molecule has 1 aromatic heterocycles. The molecule has 1 saturated heterocycles. The van der Waals surface area contributed by atoms with Crippen LogP contribution in [-0.2, 0) is 23.1 Å². The van der Waals surface area contributed by atoms with Crippen LogP contribution in [0.15, 0.2) is 66.9 Å². The molecule has 2 heterocycles. The lowest BCUT2D eigenvalue weighted by atomic mass is 9.97. The van der Waals surface area contributed by atoms with E-state index in [0.29, 0.717) is 27.5 Å². The van der Waals surface area contributed by atoms with Crippen molar-refractivity contribution in [3.05, 3.63) is 88.7 Å². The molecule has 2 aromatic carbocycles. The SMILES string of the molecule is Cn1cc(C(=O)c2ccccc2)cc1CC1C(=O)NC(=S)N(c2ccc(Cl)cc2)C1=O. The zero-order valence-corrected chi connectivity index (χ0v) is 18.1. The topological polar surface area (TPSA) is 71.4 Å². The normalized spacial score (nSPS) is 16.4. The van der Waals surface area contributed by atoms with E-state index in [1.54, 1.807) is 72.4 Å². The van der Waals surface area contributed by atoms with E-state index >= 15 is 0 Å². The number of carbonyl (C=O) groups is 3. The third kappa shape index (κ3) is 4.15. The van der Waals surface area contributed by atoms with Crippen LogP contribution in [0.2, 0.25) is 5.02 Å². The highest BCUT2D eigenvalue weighted by molar-refractivity contribution is 7.80. The van der Waals surface area contributed by atoms with Crippen molar-refractivity contribution in [2.45, 2.75) is 6.42 Å². The first-order valence-electron chi connectivity index (χ1n) is 9.54. The van der Waals surface area contributed by atoms with Crippen LogP contribution in [0.4, 0.5) is 5.69 Å². The Balaban J connectivity index is 1.59. The summed E-state index contributed by atoms with van der Waals surface area (Å²) in [6, 6.07) is 17.3. The van der Waals surface area contributed by atoms with Gasteiger partial charge in [-0.3, -0.25) is 19.3 Å². The van der Waals surface area contributed by atoms with Gasteiger partial charge >= 0.3 is 0 Å². The van der Waals surface area contributed by atoms with Crippen molar-refractivity contribution < 1.29 is 14.4 Å². The number of thiocarbonyl (C=S) groups is 1. The van der Waals surface area contributed by atoms with Crippen LogP contribution >= 0.6 is 23.8 Å². The molecular formula is C23H18ClN3O3S. The van der Waals surface area contributed by atoms with Crippen molar-refractivity contribution >= 4 is 52.2 Å². The maximum atomic E-state index is 13.2. The first kappa shape index (κ1) is 21.0. The first-order chi connectivity index (χ1) is 14.8. The molecular weight excluding hydrogens is 434 g/mol. The Morgan fingerprint density at radius 2 is 1.74 bits per heavy atom. The minimum atomic E-state index is -0.976. The molecule has 1 N–H and O–H groups in total. The predicted molar refractivity (Wildman–Crippen MR) is 122 cm³/mol. The Bertz CT molecular complexity index is 1190. The number of benzene rings is 2. The van der Waals surface area contributed by atoms with Gasteiger partial charge in [-0.1, -0.05) is 41.9 Å². The fourth-order valence-electron chi connectivity index (χ4n) is 3.53. The highest BCUT2D eigenvalue weighted by atomic mass is 35.5. The molecule has 31 heavy (non-hydrogen) atoms. The first-order valence-corrected chi connectivity index (χ1v) is 10.3. The second-order valence-corrected chi connectivity index (χ2v) is 8.05. The lowest BCUT2D eigenvalue weighted by Crippen LogP contribution is -2.58. The summed E-state index contributed by atoms with van der Waals surface area (Å²) < 4.78 is 1.76. The monoisotopic (exact) mass is 451 g/mol. The van der Waals surface area contributed by atoms with Crippen LogP contribution in [0.5, 0.6) is 0 Å². The standard InChI is InChI=1S/C23H18ClN3O3S/c1-26-13-15(20(28)14-5-3-2-4-6-14)11-18(26)12-19-21(29)25-23(31)27(22(19)30)17-9-7-16(24)8-10-17/h2-11,13,19H,12H2,1H3,(H,25,29,31). The fourth-order valence-corrected chi connectivity index (χ4v) is 3.96. The third-order valence-electron chi connectivity index (χ3n) is 5.17. The van der Waals surface area contributed by atoms with Gasteiger partial charge in [0, 0.05) is 41.5 Å². The zero-order valence-electron chi connectivity index (χ0n) is 16.5. The number of nitrogens with one attached hydrogen (secondary N) is 1. The lowest BCUT2D eigenvalue weighted by Gasteiger charge is -2.32. The van der Waals surface area contributed by atoms with Crippen molar-refractivity contribution in [3.63, 3.8) is 0 Å².